The van der Waals surface area contributed by atoms with E-state index in [9.17, 15) is 0 Å². The lowest BCUT2D eigenvalue weighted by atomic mass is 10.3. The highest BCUT2D eigenvalue weighted by molar-refractivity contribution is 5.83. The SMILES string of the molecule is CN(Cc1cnn(C)c1)C(=N)C1CC1. The molecular formula is C10H16N4. The van der Waals surface area contributed by atoms with Crippen LogP contribution in [0.1, 0.15) is 18.4 Å². The Bertz CT molecular complexity index is 338. The predicted octanol–water partition coefficient (Wildman–Crippen LogP) is 1.24. The molecule has 1 saturated carbocycles. The minimum atomic E-state index is 0.525. The molecule has 76 valence electrons. The molecule has 0 radical (unpaired) electrons. The van der Waals surface area contributed by atoms with Crippen LogP contribution < -0.4 is 0 Å². The molecular weight excluding hydrogens is 176 g/mol. The van der Waals surface area contributed by atoms with Gasteiger partial charge in [0.05, 0.1) is 12.0 Å². The monoisotopic (exact) mass is 192 g/mol. The first-order valence-corrected chi connectivity index (χ1v) is 4.94. The molecule has 0 amide bonds. The quantitative estimate of drug-likeness (QED) is 0.578. The van der Waals surface area contributed by atoms with Crippen LogP contribution in [0.2, 0.25) is 0 Å². The van der Waals surface area contributed by atoms with Crippen LogP contribution in [0.4, 0.5) is 0 Å². The topological polar surface area (TPSA) is 44.9 Å². The molecule has 0 atom stereocenters. The summed E-state index contributed by atoms with van der Waals surface area (Å²) in [7, 11) is 3.89. The van der Waals surface area contributed by atoms with Gasteiger partial charge in [0.15, 0.2) is 0 Å². The summed E-state index contributed by atoms with van der Waals surface area (Å²) in [6.45, 7) is 0.795. The van der Waals surface area contributed by atoms with E-state index in [0.717, 1.165) is 12.4 Å². The molecule has 2 rings (SSSR count). The maximum Gasteiger partial charge on any atom is 0.0989 e. The van der Waals surface area contributed by atoms with Gasteiger partial charge in [0.25, 0.3) is 0 Å². The van der Waals surface area contributed by atoms with Crippen molar-refractivity contribution < 1.29 is 0 Å². The second kappa shape index (κ2) is 3.44. The number of aryl methyl sites for hydroxylation is 1. The molecule has 1 aliphatic rings. The van der Waals surface area contributed by atoms with Gasteiger partial charge in [0, 0.05) is 38.3 Å². The Balaban J connectivity index is 1.93. The van der Waals surface area contributed by atoms with Crippen molar-refractivity contribution in [2.75, 3.05) is 7.05 Å². The molecule has 0 spiro atoms. The van der Waals surface area contributed by atoms with Crippen LogP contribution in [0.5, 0.6) is 0 Å². The first-order chi connectivity index (χ1) is 6.66. The van der Waals surface area contributed by atoms with E-state index in [1.54, 1.807) is 4.68 Å². The van der Waals surface area contributed by atoms with Gasteiger partial charge in [0.2, 0.25) is 0 Å². The third kappa shape index (κ3) is 1.95. The Hall–Kier alpha value is -1.32. The molecule has 0 unspecified atom stereocenters. The first-order valence-electron chi connectivity index (χ1n) is 4.94. The third-order valence-corrected chi connectivity index (χ3v) is 2.55. The summed E-state index contributed by atoms with van der Waals surface area (Å²) >= 11 is 0. The highest BCUT2D eigenvalue weighted by atomic mass is 15.2. The van der Waals surface area contributed by atoms with Crippen molar-refractivity contribution in [2.45, 2.75) is 19.4 Å². The Morgan fingerprint density at radius 3 is 2.93 bits per heavy atom. The second-order valence-corrected chi connectivity index (χ2v) is 4.04. The summed E-state index contributed by atoms with van der Waals surface area (Å²) in [6, 6.07) is 0. The Morgan fingerprint density at radius 1 is 1.71 bits per heavy atom. The van der Waals surface area contributed by atoms with Gasteiger partial charge in [0.1, 0.15) is 0 Å². The van der Waals surface area contributed by atoms with Crippen molar-refractivity contribution in [1.82, 2.24) is 14.7 Å². The van der Waals surface area contributed by atoms with Crippen LogP contribution in [0, 0.1) is 11.3 Å². The van der Waals surface area contributed by atoms with E-state index in [1.807, 2.05) is 31.4 Å². The molecule has 1 heterocycles. The summed E-state index contributed by atoms with van der Waals surface area (Å²) in [5.41, 5.74) is 1.17. The lowest BCUT2D eigenvalue weighted by Gasteiger charge is -2.18. The molecule has 1 N–H and O–H groups in total. The predicted molar refractivity (Wildman–Crippen MR) is 55.1 cm³/mol. The van der Waals surface area contributed by atoms with Gasteiger partial charge >= 0.3 is 0 Å². The van der Waals surface area contributed by atoms with E-state index in [1.165, 1.54) is 18.4 Å². The average Bonchev–Trinajstić information content (AvgIpc) is 2.91. The van der Waals surface area contributed by atoms with E-state index in [-0.39, 0.29) is 0 Å². The lowest BCUT2D eigenvalue weighted by molar-refractivity contribution is 0.481. The minimum Gasteiger partial charge on any atom is -0.359 e. The fourth-order valence-electron chi connectivity index (χ4n) is 1.58. The molecule has 1 aliphatic carbocycles. The highest BCUT2D eigenvalue weighted by Gasteiger charge is 2.28. The molecule has 0 bridgehead atoms. The Morgan fingerprint density at radius 2 is 2.43 bits per heavy atom. The van der Waals surface area contributed by atoms with Crippen molar-refractivity contribution in [3.05, 3.63) is 18.0 Å². The number of hydrogen-bond donors (Lipinski definition) is 1. The number of rotatable bonds is 3. The zero-order chi connectivity index (χ0) is 10.1. The number of nitrogens with one attached hydrogen (secondary N) is 1. The fraction of sp³-hybridized carbons (Fsp3) is 0.600. The van der Waals surface area contributed by atoms with E-state index in [2.05, 4.69) is 5.10 Å². The van der Waals surface area contributed by atoms with Gasteiger partial charge < -0.3 is 4.90 Å². The zero-order valence-corrected chi connectivity index (χ0v) is 8.70. The fourth-order valence-corrected chi connectivity index (χ4v) is 1.58. The van der Waals surface area contributed by atoms with Crippen LogP contribution >= 0.6 is 0 Å². The molecule has 0 aromatic carbocycles. The van der Waals surface area contributed by atoms with Gasteiger partial charge in [-0.25, -0.2) is 0 Å². The van der Waals surface area contributed by atoms with Crippen molar-refractivity contribution in [1.29, 1.82) is 5.41 Å². The minimum absolute atomic E-state index is 0.525. The molecule has 1 aromatic rings. The van der Waals surface area contributed by atoms with Crippen molar-refractivity contribution in [3.63, 3.8) is 0 Å². The summed E-state index contributed by atoms with van der Waals surface area (Å²) in [4.78, 5) is 2.01. The Kier molecular flexibility index (Phi) is 2.27. The molecule has 1 aromatic heterocycles. The summed E-state index contributed by atoms with van der Waals surface area (Å²) in [5, 5.41) is 12.0. The first kappa shape index (κ1) is 9.24. The van der Waals surface area contributed by atoms with Crippen molar-refractivity contribution >= 4 is 5.84 Å². The van der Waals surface area contributed by atoms with Gasteiger partial charge in [-0.2, -0.15) is 5.10 Å². The summed E-state index contributed by atoms with van der Waals surface area (Å²) in [5.74, 6) is 1.30. The van der Waals surface area contributed by atoms with Gasteiger partial charge in [-0.05, 0) is 12.8 Å². The largest absolute Gasteiger partial charge is 0.359 e. The number of nitrogens with zero attached hydrogens (tertiary/aromatic N) is 3. The van der Waals surface area contributed by atoms with Crippen LogP contribution in [-0.2, 0) is 13.6 Å². The maximum atomic E-state index is 7.87. The standard InChI is InChI=1S/C10H16N4/c1-13(10(11)9-3-4-9)6-8-5-12-14(2)7-8/h5,7,9,11H,3-4,6H2,1-2H3. The van der Waals surface area contributed by atoms with Gasteiger partial charge in [-0.15, -0.1) is 0 Å². The van der Waals surface area contributed by atoms with E-state index in [4.69, 9.17) is 5.41 Å². The highest BCUT2D eigenvalue weighted by Crippen LogP contribution is 2.31. The van der Waals surface area contributed by atoms with Crippen LogP contribution in [0.3, 0.4) is 0 Å². The number of hydrogen-bond acceptors (Lipinski definition) is 2. The molecule has 4 nitrogen and oxygen atoms in total. The average molecular weight is 192 g/mol. The summed E-state index contributed by atoms with van der Waals surface area (Å²) < 4.78 is 1.80. The van der Waals surface area contributed by atoms with Crippen LogP contribution in [0.15, 0.2) is 12.4 Å². The van der Waals surface area contributed by atoms with Crippen molar-refractivity contribution in [3.8, 4) is 0 Å². The van der Waals surface area contributed by atoms with Gasteiger partial charge in [-0.1, -0.05) is 0 Å². The van der Waals surface area contributed by atoms with Gasteiger partial charge in [-0.3, -0.25) is 10.1 Å². The molecule has 14 heavy (non-hydrogen) atoms. The number of aromatic nitrogens is 2. The number of amidine groups is 1. The van der Waals surface area contributed by atoms with E-state index in [0.29, 0.717) is 5.92 Å². The lowest BCUT2D eigenvalue weighted by Crippen LogP contribution is -2.26. The smallest absolute Gasteiger partial charge is 0.0989 e. The molecule has 0 saturated heterocycles. The van der Waals surface area contributed by atoms with Crippen molar-refractivity contribution in [2.24, 2.45) is 13.0 Å². The third-order valence-electron chi connectivity index (χ3n) is 2.55. The maximum absolute atomic E-state index is 7.87. The molecule has 0 aliphatic heterocycles. The zero-order valence-electron chi connectivity index (χ0n) is 8.70. The normalized spacial score (nSPS) is 15.6. The summed E-state index contributed by atoms with van der Waals surface area (Å²) in [6.07, 6.45) is 6.24. The van der Waals surface area contributed by atoms with E-state index >= 15 is 0 Å². The molecule has 4 heteroatoms. The molecule has 1 fully saturated rings. The Labute approximate surface area is 84.0 Å². The van der Waals surface area contributed by atoms with Crippen LogP contribution in [0.25, 0.3) is 0 Å². The van der Waals surface area contributed by atoms with Crippen LogP contribution in [-0.4, -0.2) is 27.6 Å². The van der Waals surface area contributed by atoms with E-state index < -0.39 is 0 Å². The second-order valence-electron chi connectivity index (χ2n) is 4.04.